The van der Waals surface area contributed by atoms with E-state index in [-0.39, 0.29) is 0 Å². The van der Waals surface area contributed by atoms with Crippen LogP contribution in [0, 0.1) is 5.41 Å². The highest BCUT2D eigenvalue weighted by Gasteiger charge is 2.39. The third kappa shape index (κ3) is 2.78. The first-order valence-electron chi connectivity index (χ1n) is 5.96. The van der Waals surface area contributed by atoms with Gasteiger partial charge in [0, 0.05) is 6.20 Å². The van der Waals surface area contributed by atoms with Crippen LogP contribution >= 0.6 is 11.6 Å². The van der Waals surface area contributed by atoms with E-state index in [4.69, 9.17) is 11.6 Å². The van der Waals surface area contributed by atoms with Gasteiger partial charge in [-0.1, -0.05) is 30.9 Å². The molecule has 1 heterocycles. The molecule has 0 bridgehead atoms. The molecule has 17 heavy (non-hydrogen) atoms. The van der Waals surface area contributed by atoms with Gasteiger partial charge in [-0.3, -0.25) is 4.79 Å². The van der Waals surface area contributed by atoms with Crippen LogP contribution in [0.15, 0.2) is 18.3 Å². The van der Waals surface area contributed by atoms with Gasteiger partial charge >= 0.3 is 5.97 Å². The first kappa shape index (κ1) is 12.4. The minimum atomic E-state index is -0.676. The smallest absolute Gasteiger partial charge is 0.309 e. The minimum absolute atomic E-state index is 0.429. The Hall–Kier alpha value is -1.09. The molecule has 4 heteroatoms. The zero-order chi connectivity index (χ0) is 12.3. The Bertz CT molecular complexity index is 414. The highest BCUT2D eigenvalue weighted by molar-refractivity contribution is 6.29. The van der Waals surface area contributed by atoms with Crippen LogP contribution < -0.4 is 0 Å². The van der Waals surface area contributed by atoms with Gasteiger partial charge in [-0.15, -0.1) is 0 Å². The summed E-state index contributed by atoms with van der Waals surface area (Å²) in [4.78, 5) is 15.4. The summed E-state index contributed by atoms with van der Waals surface area (Å²) in [7, 11) is 0. The molecule has 0 atom stereocenters. The van der Waals surface area contributed by atoms with Crippen molar-refractivity contribution in [3.63, 3.8) is 0 Å². The van der Waals surface area contributed by atoms with Gasteiger partial charge in [0.25, 0.3) is 0 Å². The second-order valence-corrected chi connectivity index (χ2v) is 5.20. The molecule has 1 aliphatic rings. The first-order chi connectivity index (χ1) is 8.12. The van der Waals surface area contributed by atoms with Gasteiger partial charge in [0.15, 0.2) is 0 Å². The fourth-order valence-electron chi connectivity index (χ4n) is 2.64. The average Bonchev–Trinajstić information content (AvgIpc) is 2.30. The van der Waals surface area contributed by atoms with Crippen molar-refractivity contribution in [3.8, 4) is 0 Å². The quantitative estimate of drug-likeness (QED) is 0.841. The van der Waals surface area contributed by atoms with E-state index in [1.165, 1.54) is 0 Å². The van der Waals surface area contributed by atoms with Gasteiger partial charge in [-0.2, -0.15) is 0 Å². The lowest BCUT2D eigenvalue weighted by atomic mass is 9.70. The third-order valence-corrected chi connectivity index (χ3v) is 3.80. The number of pyridine rings is 1. The molecule has 0 unspecified atom stereocenters. The Morgan fingerprint density at radius 2 is 2.12 bits per heavy atom. The third-order valence-electron chi connectivity index (χ3n) is 3.60. The van der Waals surface area contributed by atoms with Crippen LogP contribution in [0.5, 0.6) is 0 Å². The van der Waals surface area contributed by atoms with Crippen molar-refractivity contribution in [2.45, 2.75) is 38.5 Å². The van der Waals surface area contributed by atoms with E-state index in [2.05, 4.69) is 4.98 Å². The van der Waals surface area contributed by atoms with Crippen LogP contribution in [0.2, 0.25) is 5.15 Å². The van der Waals surface area contributed by atoms with Crippen molar-refractivity contribution in [2.24, 2.45) is 5.41 Å². The molecule has 0 aliphatic heterocycles. The molecule has 0 radical (unpaired) electrons. The average molecular weight is 254 g/mol. The van der Waals surface area contributed by atoms with E-state index in [0.717, 1.165) is 37.7 Å². The number of hydrogen-bond donors (Lipinski definition) is 1. The molecule has 2 rings (SSSR count). The molecule has 1 aromatic heterocycles. The molecule has 1 N–H and O–H groups in total. The number of aromatic nitrogens is 1. The topological polar surface area (TPSA) is 50.2 Å². The second kappa shape index (κ2) is 5.05. The highest BCUT2D eigenvalue weighted by Crippen LogP contribution is 2.39. The Kier molecular flexibility index (Phi) is 3.67. The standard InChI is InChI=1S/C13H16ClNO2/c14-11-8-10(4-7-15-11)9-13(12(16)17)5-2-1-3-6-13/h4,7-8H,1-3,5-6,9H2,(H,16,17). The van der Waals surface area contributed by atoms with Crippen LogP contribution in [0.25, 0.3) is 0 Å². The van der Waals surface area contributed by atoms with E-state index in [0.29, 0.717) is 11.6 Å². The molecule has 0 spiro atoms. The van der Waals surface area contributed by atoms with Gasteiger partial charge in [0.05, 0.1) is 5.41 Å². The Labute approximate surface area is 106 Å². The molecule has 1 fully saturated rings. The molecule has 0 aromatic carbocycles. The molecule has 1 aliphatic carbocycles. The van der Waals surface area contributed by atoms with E-state index in [1.54, 1.807) is 12.3 Å². The van der Waals surface area contributed by atoms with Crippen molar-refractivity contribution in [3.05, 3.63) is 29.0 Å². The van der Waals surface area contributed by atoms with E-state index < -0.39 is 11.4 Å². The summed E-state index contributed by atoms with van der Waals surface area (Å²) in [5, 5.41) is 9.90. The number of hydrogen-bond acceptors (Lipinski definition) is 2. The zero-order valence-corrected chi connectivity index (χ0v) is 10.4. The lowest BCUT2D eigenvalue weighted by Gasteiger charge is -2.33. The molecular weight excluding hydrogens is 238 g/mol. The van der Waals surface area contributed by atoms with Crippen LogP contribution in [0.1, 0.15) is 37.7 Å². The molecule has 0 saturated heterocycles. The maximum atomic E-state index is 11.5. The monoisotopic (exact) mass is 253 g/mol. The summed E-state index contributed by atoms with van der Waals surface area (Å²) >= 11 is 5.83. The van der Waals surface area contributed by atoms with Gasteiger partial charge < -0.3 is 5.11 Å². The van der Waals surface area contributed by atoms with Crippen molar-refractivity contribution in [1.82, 2.24) is 4.98 Å². The number of aliphatic carboxylic acids is 1. The zero-order valence-electron chi connectivity index (χ0n) is 9.66. The fraction of sp³-hybridized carbons (Fsp3) is 0.538. The van der Waals surface area contributed by atoms with Crippen molar-refractivity contribution >= 4 is 17.6 Å². The number of rotatable bonds is 3. The van der Waals surface area contributed by atoms with Crippen LogP contribution in [0.4, 0.5) is 0 Å². The number of halogens is 1. The molecular formula is C13H16ClNO2. The summed E-state index contributed by atoms with van der Waals surface area (Å²) in [6.07, 6.45) is 6.88. The highest BCUT2D eigenvalue weighted by atomic mass is 35.5. The van der Waals surface area contributed by atoms with Gasteiger partial charge in [-0.25, -0.2) is 4.98 Å². The minimum Gasteiger partial charge on any atom is -0.481 e. The summed E-state index contributed by atoms with van der Waals surface area (Å²) in [6, 6.07) is 3.62. The predicted molar refractivity (Wildman–Crippen MR) is 66.1 cm³/mol. The summed E-state index contributed by atoms with van der Waals surface area (Å²) < 4.78 is 0. The van der Waals surface area contributed by atoms with Gasteiger partial charge in [0.1, 0.15) is 5.15 Å². The summed E-state index contributed by atoms with van der Waals surface area (Å²) in [5.41, 5.74) is 0.373. The summed E-state index contributed by atoms with van der Waals surface area (Å²) in [5.74, 6) is -0.676. The fourth-order valence-corrected chi connectivity index (χ4v) is 2.83. The van der Waals surface area contributed by atoms with Crippen molar-refractivity contribution in [2.75, 3.05) is 0 Å². The number of carboxylic acids is 1. The van der Waals surface area contributed by atoms with Crippen molar-refractivity contribution < 1.29 is 9.90 Å². The predicted octanol–water partition coefficient (Wildman–Crippen LogP) is 3.31. The number of nitrogens with zero attached hydrogens (tertiary/aromatic N) is 1. The van der Waals surface area contributed by atoms with E-state index >= 15 is 0 Å². The Morgan fingerprint density at radius 1 is 1.41 bits per heavy atom. The van der Waals surface area contributed by atoms with Crippen molar-refractivity contribution in [1.29, 1.82) is 0 Å². The largest absolute Gasteiger partial charge is 0.481 e. The number of carboxylic acid groups (broad SMARTS) is 1. The van der Waals surface area contributed by atoms with Crippen LogP contribution in [0.3, 0.4) is 0 Å². The number of carbonyl (C=O) groups is 1. The van der Waals surface area contributed by atoms with E-state index in [9.17, 15) is 9.90 Å². The molecule has 1 aromatic rings. The van der Waals surface area contributed by atoms with Crippen LogP contribution in [-0.2, 0) is 11.2 Å². The van der Waals surface area contributed by atoms with Crippen LogP contribution in [-0.4, -0.2) is 16.1 Å². The maximum absolute atomic E-state index is 11.5. The summed E-state index contributed by atoms with van der Waals surface area (Å²) in [6.45, 7) is 0. The normalized spacial score (nSPS) is 18.9. The van der Waals surface area contributed by atoms with E-state index in [1.807, 2.05) is 6.07 Å². The Morgan fingerprint density at radius 3 is 2.71 bits per heavy atom. The SMILES string of the molecule is O=C(O)C1(Cc2ccnc(Cl)c2)CCCCC1. The molecule has 0 amide bonds. The molecule has 92 valence electrons. The second-order valence-electron chi connectivity index (χ2n) is 4.81. The molecule has 3 nitrogen and oxygen atoms in total. The Balaban J connectivity index is 2.20. The van der Waals surface area contributed by atoms with Gasteiger partial charge in [0.2, 0.25) is 0 Å². The molecule has 1 saturated carbocycles. The first-order valence-corrected chi connectivity index (χ1v) is 6.34. The lowest BCUT2D eigenvalue weighted by molar-refractivity contribution is -0.151. The van der Waals surface area contributed by atoms with Gasteiger partial charge in [-0.05, 0) is 37.0 Å². The maximum Gasteiger partial charge on any atom is 0.309 e. The lowest BCUT2D eigenvalue weighted by Crippen LogP contribution is -2.35.